The third kappa shape index (κ3) is 39.9. The highest BCUT2D eigenvalue weighted by molar-refractivity contribution is 5.78. The number of amides is 1. The highest BCUT2D eigenvalue weighted by Gasteiger charge is 2.23. The Kier molecular flexibility index (Phi) is 42.3. The second-order valence-electron chi connectivity index (χ2n) is 15.9. The Morgan fingerprint density at radius 1 is 0.544 bits per heavy atom. The van der Waals surface area contributed by atoms with Crippen LogP contribution < -0.4 is 5.32 Å². The molecule has 1 amide bonds. The van der Waals surface area contributed by atoms with Gasteiger partial charge in [-0.3, -0.25) is 9.59 Å². The SMILES string of the molecule is CCCCC/C=C/C=C/C=C/C=C/CCCCCCCC(=O)OC(/C=C/C/C=C\CCCCCCCC)CC(=O)NC(CO)C(O)CCCCCCCCCCC. The van der Waals surface area contributed by atoms with E-state index in [1.54, 1.807) is 0 Å². The Hall–Kier alpha value is -2.70. The fourth-order valence-electron chi connectivity index (χ4n) is 6.70. The molecular weight excluding hydrogens is 707 g/mol. The minimum Gasteiger partial charge on any atom is -0.458 e. The Morgan fingerprint density at radius 3 is 1.56 bits per heavy atom. The molecule has 3 N–H and O–H groups in total. The van der Waals surface area contributed by atoms with E-state index in [-0.39, 0.29) is 24.9 Å². The second-order valence-corrected chi connectivity index (χ2v) is 15.9. The minimum absolute atomic E-state index is 0.0415. The molecule has 0 aliphatic rings. The number of allylic oxidation sites excluding steroid dienone is 11. The zero-order chi connectivity index (χ0) is 41.7. The van der Waals surface area contributed by atoms with Crippen LogP contribution in [0.2, 0.25) is 0 Å². The van der Waals surface area contributed by atoms with Crippen molar-refractivity contribution in [3.63, 3.8) is 0 Å². The lowest BCUT2D eigenvalue weighted by Crippen LogP contribution is -2.46. The lowest BCUT2D eigenvalue weighted by molar-refractivity contribution is -0.148. The van der Waals surface area contributed by atoms with Crippen LogP contribution >= 0.6 is 0 Å². The molecule has 0 fully saturated rings. The second kappa shape index (κ2) is 44.4. The van der Waals surface area contributed by atoms with Crippen LogP contribution in [0.3, 0.4) is 0 Å². The van der Waals surface area contributed by atoms with E-state index in [1.165, 1.54) is 96.3 Å². The predicted molar refractivity (Wildman–Crippen MR) is 245 cm³/mol. The van der Waals surface area contributed by atoms with Gasteiger partial charge in [-0.2, -0.15) is 0 Å². The molecule has 0 aromatic carbocycles. The normalized spacial score (nSPS) is 14.0. The summed E-state index contributed by atoms with van der Waals surface area (Å²) in [5.41, 5.74) is 0. The van der Waals surface area contributed by atoms with Crippen LogP contribution in [0.5, 0.6) is 0 Å². The Balaban J connectivity index is 4.69. The number of nitrogens with one attached hydrogen (secondary N) is 1. The zero-order valence-corrected chi connectivity index (χ0v) is 37.2. The molecule has 0 heterocycles. The first kappa shape index (κ1) is 54.3. The highest BCUT2D eigenvalue weighted by atomic mass is 16.5. The van der Waals surface area contributed by atoms with Crippen LogP contribution in [0, 0.1) is 0 Å². The number of esters is 1. The topological polar surface area (TPSA) is 95.9 Å². The van der Waals surface area contributed by atoms with Crippen molar-refractivity contribution in [2.75, 3.05) is 6.61 Å². The highest BCUT2D eigenvalue weighted by Crippen LogP contribution is 2.15. The Labute approximate surface area is 351 Å². The van der Waals surface area contributed by atoms with E-state index in [0.717, 1.165) is 70.6 Å². The third-order valence-corrected chi connectivity index (χ3v) is 10.3. The number of carbonyl (C=O) groups is 2. The van der Waals surface area contributed by atoms with Gasteiger partial charge in [0.15, 0.2) is 0 Å². The molecule has 0 aliphatic heterocycles. The van der Waals surface area contributed by atoms with Crippen molar-refractivity contribution in [1.29, 1.82) is 0 Å². The van der Waals surface area contributed by atoms with Crippen molar-refractivity contribution in [2.45, 2.75) is 232 Å². The first-order valence-electron chi connectivity index (χ1n) is 23.7. The van der Waals surface area contributed by atoms with E-state index in [9.17, 15) is 19.8 Å². The van der Waals surface area contributed by atoms with Crippen LogP contribution in [0.1, 0.15) is 213 Å². The molecule has 0 rings (SSSR count). The molecule has 3 atom stereocenters. The average Bonchev–Trinajstić information content (AvgIpc) is 3.20. The van der Waals surface area contributed by atoms with Gasteiger partial charge in [0.1, 0.15) is 6.10 Å². The number of hydrogen-bond donors (Lipinski definition) is 3. The van der Waals surface area contributed by atoms with E-state index in [1.807, 2.05) is 12.2 Å². The molecule has 0 radical (unpaired) electrons. The van der Waals surface area contributed by atoms with Crippen molar-refractivity contribution in [3.8, 4) is 0 Å². The fraction of sp³-hybridized carbons (Fsp3) is 0.725. The van der Waals surface area contributed by atoms with Gasteiger partial charge in [0, 0.05) is 6.42 Å². The molecule has 6 nitrogen and oxygen atoms in total. The van der Waals surface area contributed by atoms with E-state index < -0.39 is 18.2 Å². The summed E-state index contributed by atoms with van der Waals surface area (Å²) in [6.45, 7) is 6.36. The van der Waals surface area contributed by atoms with Crippen molar-refractivity contribution in [2.24, 2.45) is 0 Å². The summed E-state index contributed by atoms with van der Waals surface area (Å²) in [5.74, 6) is -0.636. The van der Waals surface area contributed by atoms with Crippen LogP contribution in [-0.2, 0) is 14.3 Å². The van der Waals surface area contributed by atoms with Gasteiger partial charge in [0.2, 0.25) is 5.91 Å². The summed E-state index contributed by atoms with van der Waals surface area (Å²) >= 11 is 0. The number of carbonyl (C=O) groups excluding carboxylic acids is 2. The predicted octanol–water partition coefficient (Wildman–Crippen LogP) is 13.8. The van der Waals surface area contributed by atoms with E-state index in [4.69, 9.17) is 4.74 Å². The molecule has 0 aromatic heterocycles. The lowest BCUT2D eigenvalue weighted by Gasteiger charge is -2.23. The average molecular weight is 796 g/mol. The molecule has 0 bridgehead atoms. The smallest absolute Gasteiger partial charge is 0.306 e. The number of hydrogen-bond acceptors (Lipinski definition) is 5. The van der Waals surface area contributed by atoms with Crippen molar-refractivity contribution >= 4 is 11.9 Å². The van der Waals surface area contributed by atoms with Gasteiger partial charge < -0.3 is 20.3 Å². The molecule has 0 aromatic rings. The summed E-state index contributed by atoms with van der Waals surface area (Å²) in [6.07, 6.45) is 55.6. The summed E-state index contributed by atoms with van der Waals surface area (Å²) in [7, 11) is 0. The fourth-order valence-corrected chi connectivity index (χ4v) is 6.70. The van der Waals surface area contributed by atoms with Crippen molar-refractivity contribution in [3.05, 3.63) is 72.9 Å². The summed E-state index contributed by atoms with van der Waals surface area (Å²) < 4.78 is 5.80. The Morgan fingerprint density at radius 2 is 1.00 bits per heavy atom. The van der Waals surface area contributed by atoms with Gasteiger partial charge in [-0.1, -0.05) is 210 Å². The largest absolute Gasteiger partial charge is 0.458 e. The van der Waals surface area contributed by atoms with E-state index in [0.29, 0.717) is 19.3 Å². The van der Waals surface area contributed by atoms with Gasteiger partial charge in [0.05, 0.1) is 25.2 Å². The van der Waals surface area contributed by atoms with E-state index >= 15 is 0 Å². The molecule has 3 unspecified atom stereocenters. The quantitative estimate of drug-likeness (QED) is 0.0248. The molecule has 57 heavy (non-hydrogen) atoms. The summed E-state index contributed by atoms with van der Waals surface area (Å²) in [6, 6.07) is -0.738. The van der Waals surface area contributed by atoms with Crippen molar-refractivity contribution in [1.82, 2.24) is 5.32 Å². The molecule has 0 spiro atoms. The monoisotopic (exact) mass is 796 g/mol. The van der Waals surface area contributed by atoms with Crippen LogP contribution in [-0.4, -0.2) is 46.9 Å². The van der Waals surface area contributed by atoms with Gasteiger partial charge >= 0.3 is 5.97 Å². The minimum atomic E-state index is -0.815. The number of unbranched alkanes of at least 4 members (excludes halogenated alkanes) is 22. The number of aliphatic hydroxyl groups is 2. The molecule has 6 heteroatoms. The molecule has 0 aliphatic carbocycles. The van der Waals surface area contributed by atoms with Crippen LogP contribution in [0.25, 0.3) is 0 Å². The summed E-state index contributed by atoms with van der Waals surface area (Å²) in [5, 5.41) is 23.5. The first-order valence-corrected chi connectivity index (χ1v) is 23.7. The third-order valence-electron chi connectivity index (χ3n) is 10.3. The summed E-state index contributed by atoms with van der Waals surface area (Å²) in [4.78, 5) is 25.9. The maximum Gasteiger partial charge on any atom is 0.306 e. The van der Waals surface area contributed by atoms with Gasteiger partial charge in [-0.05, 0) is 63.9 Å². The first-order chi connectivity index (χ1) is 28.0. The molecule has 0 saturated heterocycles. The lowest BCUT2D eigenvalue weighted by atomic mass is 10.0. The number of rotatable bonds is 41. The van der Waals surface area contributed by atoms with Gasteiger partial charge in [-0.25, -0.2) is 0 Å². The number of ether oxygens (including phenoxy) is 1. The molecule has 0 saturated carbocycles. The van der Waals surface area contributed by atoms with Crippen LogP contribution in [0.4, 0.5) is 0 Å². The number of aliphatic hydroxyl groups excluding tert-OH is 2. The molecule has 328 valence electrons. The van der Waals surface area contributed by atoms with Crippen molar-refractivity contribution < 1.29 is 24.5 Å². The van der Waals surface area contributed by atoms with Crippen LogP contribution in [0.15, 0.2) is 72.9 Å². The maximum atomic E-state index is 13.1. The van der Waals surface area contributed by atoms with E-state index in [2.05, 4.69) is 86.8 Å². The van der Waals surface area contributed by atoms with Gasteiger partial charge in [-0.15, -0.1) is 0 Å². The molecular formula is C51H89NO5. The Bertz CT molecular complexity index is 1070. The maximum absolute atomic E-state index is 13.1. The zero-order valence-electron chi connectivity index (χ0n) is 37.2. The standard InChI is InChI=1S/C51H89NO5/c1-4-7-10-13-16-19-21-22-23-24-25-26-27-29-32-35-38-41-44-51(56)57-47(42-39-36-33-31-28-20-17-14-11-8-5-2)45-50(55)52-48(46-53)49(54)43-40-37-34-30-18-15-12-9-6-3/h16,19,21-26,31,33,39,42,47-49,53-54H,4-15,17-18,20,27-30,32,34-38,40-41,43-46H2,1-3H3,(H,52,55)/b19-16+,22-21+,24-23+,26-25+,33-31-,42-39+. The van der Waals surface area contributed by atoms with Gasteiger partial charge in [0.25, 0.3) is 0 Å².